The zero-order valence-electron chi connectivity index (χ0n) is 64.6. The summed E-state index contributed by atoms with van der Waals surface area (Å²) in [6.07, 6.45) is 58.8. The summed E-state index contributed by atoms with van der Waals surface area (Å²) in [6, 6.07) is 0. The Hall–Kier alpha value is -0.700. The Morgan fingerprint density at radius 1 is 0.216 bits per heavy atom. The van der Waals surface area contributed by atoms with Crippen LogP contribution in [0.15, 0.2) is 0 Å². The van der Waals surface area contributed by atoms with Crippen molar-refractivity contribution in [3.63, 3.8) is 0 Å². The number of halogens is 10. The van der Waals surface area contributed by atoms with Gasteiger partial charge in [-0.05, 0) is 314 Å². The Morgan fingerprint density at radius 3 is 0.557 bits per heavy atom. The molecule has 0 aromatic carbocycles. The Labute approximate surface area is 592 Å². The lowest BCUT2D eigenvalue weighted by Crippen LogP contribution is -2.33. The minimum absolute atomic E-state index is 0.0178. The van der Waals surface area contributed by atoms with Crippen LogP contribution >= 0.6 is 0 Å². The van der Waals surface area contributed by atoms with Crippen LogP contribution in [0.5, 0.6) is 0 Å². The van der Waals surface area contributed by atoms with E-state index in [1.54, 1.807) is 13.8 Å². The Balaban J connectivity index is 0.000000192. The quantitative estimate of drug-likeness (QED) is 0.0948. The SMILES string of the molecule is CCC1CCC(C2CCC(C(F)(F)CC)CC2)CC1.CCC1CCC(C2CCC(CC(C)(F)F)CC2)CC1.CCCC1CCC(C2CCC(C(C)(F)F)CC2)CC1.CCCC1CCC(C2CCC(C(F)(F)CC)CC2)CC1.CCCC1CCC(C2CCC(CC(C)(F)F)CC2)CC1. The van der Waals surface area contributed by atoms with Gasteiger partial charge in [0.05, 0.1) is 0 Å². The summed E-state index contributed by atoms with van der Waals surface area (Å²) in [4.78, 5) is 0. The van der Waals surface area contributed by atoms with Crippen LogP contribution in [0.1, 0.15) is 403 Å². The van der Waals surface area contributed by atoms with Crippen molar-refractivity contribution in [2.75, 3.05) is 0 Å². The van der Waals surface area contributed by atoms with Crippen LogP contribution in [0.4, 0.5) is 43.9 Å². The molecule has 0 nitrogen and oxygen atoms in total. The third-order valence-electron chi connectivity index (χ3n) is 29.3. The van der Waals surface area contributed by atoms with Crippen molar-refractivity contribution in [3.05, 3.63) is 0 Å². The highest BCUT2D eigenvalue weighted by atomic mass is 19.3. The number of hydrogen-bond donors (Lipinski definition) is 0. The van der Waals surface area contributed by atoms with Crippen molar-refractivity contribution >= 4 is 0 Å². The van der Waals surface area contributed by atoms with Gasteiger partial charge in [-0.1, -0.05) is 164 Å². The largest absolute Gasteiger partial charge is 0.250 e. The molecule has 0 spiro atoms. The standard InChI is InChI=1S/2C18H32F2.3C17H30F2/c1-3-4-14-5-9-16(10-6-14)17-11-7-15(8-12-17)13-18(2,19)20;1-3-5-14-6-8-15(9-7-14)16-10-12-17(13-11-16)18(19,20)4-2;1-3-13-4-8-15(9-5-13)16-10-6-14(7-11-16)12-17(2,18)19;1-3-4-13-5-7-14(8-6-13)15-9-11-16(12-10-15)17(2,18)19;1-3-13-5-7-14(8-6-13)15-9-11-16(12-10-15)17(18,19)4-2/h2*14-17H,3-13H2,1-2H3;3*13-16H,3-12H2,1-2H3. The number of hydrogen-bond acceptors (Lipinski definition) is 0. The highest BCUT2D eigenvalue weighted by Crippen LogP contribution is 2.51. The second-order valence-corrected chi connectivity index (χ2v) is 36.2. The number of alkyl halides is 10. The molecule has 0 N–H and O–H groups in total. The molecule has 572 valence electrons. The van der Waals surface area contributed by atoms with Gasteiger partial charge in [-0.2, -0.15) is 0 Å². The first kappa shape index (κ1) is 85.2. The topological polar surface area (TPSA) is 0 Å². The monoisotopic (exact) mass is 1390 g/mol. The molecule has 10 fully saturated rings. The van der Waals surface area contributed by atoms with Crippen LogP contribution in [0, 0.1) is 118 Å². The molecule has 0 radical (unpaired) electrons. The molecule has 10 heteroatoms. The minimum atomic E-state index is -2.46. The minimum Gasteiger partial charge on any atom is -0.207 e. The summed E-state index contributed by atoms with van der Waals surface area (Å²) in [5.74, 6) is 0.444. The van der Waals surface area contributed by atoms with Crippen molar-refractivity contribution < 1.29 is 43.9 Å². The van der Waals surface area contributed by atoms with Crippen molar-refractivity contribution in [3.8, 4) is 0 Å². The van der Waals surface area contributed by atoms with E-state index >= 15 is 0 Å². The molecule has 0 bridgehead atoms. The molecule has 0 saturated heterocycles. The lowest BCUT2D eigenvalue weighted by molar-refractivity contribution is -0.0813. The Morgan fingerprint density at radius 2 is 0.392 bits per heavy atom. The second-order valence-electron chi connectivity index (χ2n) is 36.2. The normalized spacial score (nSPS) is 36.7. The first-order chi connectivity index (χ1) is 46.1. The molecular weight excluding hydrogens is 1230 g/mol. The molecule has 0 heterocycles. The zero-order valence-corrected chi connectivity index (χ0v) is 64.6. The van der Waals surface area contributed by atoms with E-state index in [9.17, 15) is 43.9 Å². The van der Waals surface area contributed by atoms with Gasteiger partial charge in [-0.15, -0.1) is 0 Å². The van der Waals surface area contributed by atoms with E-state index in [4.69, 9.17) is 0 Å². The Kier molecular flexibility index (Phi) is 37.3. The highest BCUT2D eigenvalue weighted by Gasteiger charge is 2.45. The first-order valence-corrected chi connectivity index (χ1v) is 43.0. The molecule has 0 aliphatic heterocycles. The summed E-state index contributed by atoms with van der Waals surface area (Å²) in [5.41, 5.74) is 0. The zero-order chi connectivity index (χ0) is 70.8. The fourth-order valence-electron chi connectivity index (χ4n) is 22.6. The molecule has 0 unspecified atom stereocenters. The van der Waals surface area contributed by atoms with Crippen molar-refractivity contribution in [2.24, 2.45) is 118 Å². The van der Waals surface area contributed by atoms with E-state index in [-0.39, 0.29) is 55.3 Å². The average Bonchev–Trinajstić information content (AvgIpc) is 0.935. The molecule has 10 rings (SSSR count). The number of rotatable bonds is 22. The lowest BCUT2D eigenvalue weighted by atomic mass is 9.68. The van der Waals surface area contributed by atoms with E-state index in [0.717, 1.165) is 212 Å². The van der Waals surface area contributed by atoms with Crippen LogP contribution in [-0.2, 0) is 0 Å². The van der Waals surface area contributed by atoms with Gasteiger partial charge >= 0.3 is 0 Å². The maximum absolute atomic E-state index is 13.7. The van der Waals surface area contributed by atoms with Gasteiger partial charge in [-0.25, -0.2) is 43.9 Å². The molecule has 0 aromatic heterocycles. The summed E-state index contributed by atoms with van der Waals surface area (Å²) in [7, 11) is 0. The lowest BCUT2D eigenvalue weighted by Gasteiger charge is -2.39. The first-order valence-electron chi connectivity index (χ1n) is 43.0. The van der Waals surface area contributed by atoms with Crippen LogP contribution in [-0.4, -0.2) is 29.6 Å². The van der Waals surface area contributed by atoms with Gasteiger partial charge in [0.2, 0.25) is 17.8 Å². The average molecular weight is 1390 g/mol. The molecule has 0 aromatic rings. The summed E-state index contributed by atoms with van der Waals surface area (Å²) >= 11 is 0. The molecule has 0 amide bonds. The van der Waals surface area contributed by atoms with Crippen molar-refractivity contribution in [1.29, 1.82) is 0 Å². The second kappa shape index (κ2) is 42.4. The predicted molar refractivity (Wildman–Crippen MR) is 391 cm³/mol. The predicted octanol–water partition coefficient (Wildman–Crippen LogP) is 31.1. The van der Waals surface area contributed by atoms with E-state index < -0.39 is 29.6 Å². The van der Waals surface area contributed by atoms with Gasteiger partial charge in [0, 0.05) is 43.4 Å². The molecule has 97 heavy (non-hydrogen) atoms. The van der Waals surface area contributed by atoms with E-state index in [1.165, 1.54) is 205 Å². The maximum Gasteiger partial charge on any atom is 0.250 e. The van der Waals surface area contributed by atoms with Crippen LogP contribution in [0.25, 0.3) is 0 Å². The van der Waals surface area contributed by atoms with Crippen molar-refractivity contribution in [1.82, 2.24) is 0 Å². The summed E-state index contributed by atoms with van der Waals surface area (Å²) in [6.45, 7) is 18.0. The maximum atomic E-state index is 13.7. The molecule has 0 atom stereocenters. The van der Waals surface area contributed by atoms with E-state index in [1.807, 2.05) is 0 Å². The van der Waals surface area contributed by atoms with Crippen molar-refractivity contribution in [2.45, 2.75) is 433 Å². The fourth-order valence-corrected chi connectivity index (χ4v) is 22.6. The van der Waals surface area contributed by atoms with E-state index in [0.29, 0.717) is 0 Å². The van der Waals surface area contributed by atoms with Gasteiger partial charge in [0.1, 0.15) is 0 Å². The van der Waals surface area contributed by atoms with Gasteiger partial charge in [0.25, 0.3) is 11.8 Å². The molecule has 10 aliphatic carbocycles. The summed E-state index contributed by atoms with van der Waals surface area (Å²) in [5, 5.41) is 0. The third-order valence-corrected chi connectivity index (χ3v) is 29.3. The van der Waals surface area contributed by atoms with Crippen LogP contribution in [0.3, 0.4) is 0 Å². The fraction of sp³-hybridized carbons (Fsp3) is 1.00. The van der Waals surface area contributed by atoms with Gasteiger partial charge in [0.15, 0.2) is 0 Å². The van der Waals surface area contributed by atoms with Crippen LogP contribution < -0.4 is 0 Å². The van der Waals surface area contributed by atoms with E-state index in [2.05, 4.69) is 34.6 Å². The highest BCUT2D eigenvalue weighted by molar-refractivity contribution is 4.91. The summed E-state index contributed by atoms with van der Waals surface area (Å²) < 4.78 is 134. The Bertz CT molecular complexity index is 1960. The van der Waals surface area contributed by atoms with Gasteiger partial charge in [-0.3, -0.25) is 0 Å². The van der Waals surface area contributed by atoms with Gasteiger partial charge < -0.3 is 0 Å². The molecule has 10 saturated carbocycles. The smallest absolute Gasteiger partial charge is 0.207 e. The van der Waals surface area contributed by atoms with Crippen LogP contribution in [0.2, 0.25) is 0 Å². The molecular formula is C87H154F10. The molecule has 10 aliphatic rings. The third kappa shape index (κ3) is 30.0.